The van der Waals surface area contributed by atoms with Crippen molar-refractivity contribution in [2.75, 3.05) is 12.0 Å². The largest absolute Gasteiger partial charge is 0.505 e. The number of anilines is 1. The third-order valence-electron chi connectivity index (χ3n) is 9.97. The van der Waals surface area contributed by atoms with Crippen LogP contribution in [0.25, 0.3) is 0 Å². The molecule has 4 amide bonds. The quantitative estimate of drug-likeness (QED) is 0.291. The highest BCUT2D eigenvalue weighted by Crippen LogP contribution is 2.64. The average Bonchev–Trinajstić information content (AvgIpc) is 3.40. The summed E-state index contributed by atoms with van der Waals surface area (Å²) in [6.07, 6.45) is 2.19. The monoisotopic (exact) mass is 631 g/mol. The summed E-state index contributed by atoms with van der Waals surface area (Å²) in [7, 11) is 0. The third-order valence-corrected chi connectivity index (χ3v) is 10.2. The minimum Gasteiger partial charge on any atom is -0.505 e. The van der Waals surface area contributed by atoms with E-state index in [9.17, 15) is 28.7 Å². The molecule has 45 heavy (non-hydrogen) atoms. The number of hydrazine groups is 1. The number of allylic oxidation sites excluding steroid dienone is 2. The van der Waals surface area contributed by atoms with Gasteiger partial charge in [-0.15, -0.1) is 0 Å². The number of fused-ring (bicyclic) bond motifs is 4. The number of aromatic hydroxyl groups is 1. The fourth-order valence-corrected chi connectivity index (χ4v) is 8.24. The van der Waals surface area contributed by atoms with Crippen LogP contribution < -0.4 is 5.43 Å². The lowest BCUT2D eigenvalue weighted by molar-refractivity contribution is -0.141. The first-order valence-electron chi connectivity index (χ1n) is 14.8. The normalized spacial score (nSPS) is 29.0. The lowest BCUT2D eigenvalue weighted by Gasteiger charge is -2.50. The van der Waals surface area contributed by atoms with Gasteiger partial charge in [-0.2, -0.15) is 5.01 Å². The van der Waals surface area contributed by atoms with Crippen LogP contribution in [0.5, 0.6) is 5.75 Å². The van der Waals surface area contributed by atoms with Gasteiger partial charge >= 0.3 is 0 Å². The SMILES string of the molecule is CCN1C(=O)[C@H]2[C@H](CC=C3[C@H]2C[C@H]2C(=O)N(Nc4ccc(F)cc4)C(=O)[C@@]2(c2ccc(Cl)cc2)[C@H]3c2ccc(O)c(F)c2)C1=O. The predicted octanol–water partition coefficient (Wildman–Crippen LogP) is 5.33. The summed E-state index contributed by atoms with van der Waals surface area (Å²) in [4.78, 5) is 57.6. The molecule has 2 heterocycles. The van der Waals surface area contributed by atoms with E-state index in [2.05, 4.69) is 5.43 Å². The standard InChI is InChI=1S/C34H28ClF2N3O5/c1-2-39-30(42)23-13-12-22-24(28(23)32(39)44)16-25-31(43)40(38-21-10-8-20(36)9-11-21)33(45)34(25,18-4-6-19(35)7-5-18)29(22)17-3-14-27(41)26(37)15-17/h3-12,14-15,23-25,28-29,38,41H,2,13,16H2,1H3/t23-,24+,25-,28-,29-,34+/m0/s1. The number of nitrogens with zero attached hydrogens (tertiary/aromatic N) is 2. The van der Waals surface area contributed by atoms with Gasteiger partial charge in [-0.05, 0) is 85.3 Å². The molecule has 11 heteroatoms. The van der Waals surface area contributed by atoms with Gasteiger partial charge in [-0.1, -0.05) is 41.4 Å². The van der Waals surface area contributed by atoms with Crippen molar-refractivity contribution in [3.8, 4) is 5.75 Å². The zero-order valence-electron chi connectivity index (χ0n) is 24.0. The van der Waals surface area contributed by atoms with E-state index in [-0.39, 0.29) is 31.2 Å². The summed E-state index contributed by atoms with van der Waals surface area (Å²) in [6.45, 7) is 1.94. The number of phenolic OH excluding ortho intramolecular Hbond substituents is 1. The van der Waals surface area contributed by atoms with Gasteiger partial charge in [-0.25, -0.2) is 8.78 Å². The second-order valence-corrected chi connectivity index (χ2v) is 12.4. The van der Waals surface area contributed by atoms with Gasteiger partial charge in [0.1, 0.15) is 5.82 Å². The zero-order chi connectivity index (χ0) is 31.8. The van der Waals surface area contributed by atoms with Crippen LogP contribution in [-0.2, 0) is 24.6 Å². The van der Waals surface area contributed by atoms with Crippen LogP contribution in [-0.4, -0.2) is 45.2 Å². The molecule has 4 aliphatic rings. The smallest absolute Gasteiger partial charge is 0.260 e. The van der Waals surface area contributed by atoms with Crippen LogP contribution in [0.1, 0.15) is 36.8 Å². The number of nitrogens with one attached hydrogen (secondary N) is 1. The number of likely N-dealkylation sites (tertiary alicyclic amines) is 1. The number of amides is 4. The van der Waals surface area contributed by atoms with Crippen molar-refractivity contribution in [1.82, 2.24) is 9.91 Å². The zero-order valence-corrected chi connectivity index (χ0v) is 24.8. The van der Waals surface area contributed by atoms with E-state index in [4.69, 9.17) is 11.6 Å². The van der Waals surface area contributed by atoms with E-state index in [1.165, 1.54) is 41.3 Å². The van der Waals surface area contributed by atoms with Crippen molar-refractivity contribution in [3.05, 3.63) is 106 Å². The number of halogens is 3. The average molecular weight is 632 g/mol. The summed E-state index contributed by atoms with van der Waals surface area (Å²) < 4.78 is 28.8. The Morgan fingerprint density at radius 2 is 1.64 bits per heavy atom. The Morgan fingerprint density at radius 3 is 2.31 bits per heavy atom. The number of carbonyl (C=O) groups is 4. The summed E-state index contributed by atoms with van der Waals surface area (Å²) in [5.74, 6) is -7.70. The first-order chi connectivity index (χ1) is 21.6. The van der Waals surface area contributed by atoms with Crippen molar-refractivity contribution in [3.63, 3.8) is 0 Å². The number of carbonyl (C=O) groups excluding carboxylic acids is 4. The lowest BCUT2D eigenvalue weighted by Crippen LogP contribution is -2.53. The van der Waals surface area contributed by atoms with Gasteiger partial charge in [0.25, 0.3) is 11.8 Å². The molecule has 2 N–H and O–H groups in total. The summed E-state index contributed by atoms with van der Waals surface area (Å²) in [5.41, 5.74) is 2.98. The number of imide groups is 2. The van der Waals surface area contributed by atoms with Gasteiger partial charge in [0, 0.05) is 17.5 Å². The van der Waals surface area contributed by atoms with Crippen LogP contribution in [0.4, 0.5) is 14.5 Å². The summed E-state index contributed by atoms with van der Waals surface area (Å²) >= 11 is 6.26. The van der Waals surface area contributed by atoms with Gasteiger partial charge < -0.3 is 5.11 Å². The summed E-state index contributed by atoms with van der Waals surface area (Å²) in [5, 5.41) is 11.4. The van der Waals surface area contributed by atoms with Gasteiger partial charge in [0.05, 0.1) is 28.9 Å². The highest BCUT2D eigenvalue weighted by molar-refractivity contribution is 6.30. The van der Waals surface area contributed by atoms with Crippen molar-refractivity contribution in [2.24, 2.45) is 23.7 Å². The molecule has 8 nitrogen and oxygen atoms in total. The van der Waals surface area contributed by atoms with Crippen LogP contribution >= 0.6 is 11.6 Å². The maximum Gasteiger partial charge on any atom is 0.260 e. The van der Waals surface area contributed by atoms with E-state index in [0.29, 0.717) is 27.4 Å². The van der Waals surface area contributed by atoms with E-state index in [0.717, 1.165) is 11.1 Å². The van der Waals surface area contributed by atoms with E-state index >= 15 is 4.39 Å². The number of hydrogen-bond donors (Lipinski definition) is 2. The predicted molar refractivity (Wildman–Crippen MR) is 159 cm³/mol. The first-order valence-corrected chi connectivity index (χ1v) is 15.2. The van der Waals surface area contributed by atoms with E-state index in [1.807, 2.05) is 6.08 Å². The molecular weight excluding hydrogens is 604 g/mol. The van der Waals surface area contributed by atoms with E-state index in [1.54, 1.807) is 31.2 Å². The molecule has 2 aliphatic heterocycles. The van der Waals surface area contributed by atoms with Crippen molar-refractivity contribution in [2.45, 2.75) is 31.1 Å². The molecule has 1 saturated carbocycles. The van der Waals surface area contributed by atoms with Crippen molar-refractivity contribution in [1.29, 1.82) is 0 Å². The lowest BCUT2D eigenvalue weighted by atomic mass is 9.49. The Hall–Kier alpha value is -4.57. The number of rotatable bonds is 5. The highest BCUT2D eigenvalue weighted by Gasteiger charge is 2.70. The van der Waals surface area contributed by atoms with Crippen molar-refractivity contribution < 1.29 is 33.1 Å². The Balaban J connectivity index is 1.47. The number of benzene rings is 3. The molecule has 0 spiro atoms. The Labute approximate surface area is 262 Å². The van der Waals surface area contributed by atoms with Gasteiger partial charge in [-0.3, -0.25) is 29.5 Å². The molecule has 2 saturated heterocycles. The molecule has 230 valence electrons. The minimum atomic E-state index is -1.62. The molecule has 3 fully saturated rings. The van der Waals surface area contributed by atoms with Crippen LogP contribution in [0.15, 0.2) is 78.4 Å². The third kappa shape index (κ3) is 4.15. The van der Waals surface area contributed by atoms with Crippen LogP contribution in [0.3, 0.4) is 0 Å². The highest BCUT2D eigenvalue weighted by atomic mass is 35.5. The Morgan fingerprint density at radius 1 is 0.933 bits per heavy atom. The van der Waals surface area contributed by atoms with Crippen LogP contribution in [0.2, 0.25) is 5.02 Å². The van der Waals surface area contributed by atoms with Gasteiger partial charge in [0.2, 0.25) is 11.8 Å². The molecule has 0 radical (unpaired) electrons. The van der Waals surface area contributed by atoms with Crippen molar-refractivity contribution >= 4 is 40.9 Å². The molecule has 0 unspecified atom stereocenters. The molecule has 7 rings (SSSR count). The number of phenols is 1. The number of hydrogen-bond acceptors (Lipinski definition) is 6. The fraction of sp³-hybridized carbons (Fsp3) is 0.294. The molecule has 0 aromatic heterocycles. The minimum absolute atomic E-state index is 0.0788. The maximum atomic E-state index is 15.1. The second kappa shape index (κ2) is 10.5. The fourth-order valence-electron chi connectivity index (χ4n) is 8.11. The molecule has 0 bridgehead atoms. The Kier molecular flexibility index (Phi) is 6.81. The maximum absolute atomic E-state index is 15.1. The molecule has 3 aromatic carbocycles. The van der Waals surface area contributed by atoms with Gasteiger partial charge in [0.15, 0.2) is 11.6 Å². The van der Waals surface area contributed by atoms with E-state index < -0.39 is 64.2 Å². The topological polar surface area (TPSA) is 107 Å². The molecule has 6 atom stereocenters. The van der Waals surface area contributed by atoms with Crippen LogP contribution in [0, 0.1) is 35.3 Å². The summed E-state index contributed by atoms with van der Waals surface area (Å²) in [6, 6.07) is 15.6. The molecular formula is C34H28ClF2N3O5. The second-order valence-electron chi connectivity index (χ2n) is 12.0. The Bertz CT molecular complexity index is 1800. The molecule has 2 aliphatic carbocycles. The first kappa shape index (κ1) is 29.2. The molecule has 3 aromatic rings.